The van der Waals surface area contributed by atoms with Gasteiger partial charge in [0.2, 0.25) is 0 Å². The minimum Gasteiger partial charge on any atom is -0.445 e. The van der Waals surface area contributed by atoms with Gasteiger partial charge in [0, 0.05) is 13.1 Å². The van der Waals surface area contributed by atoms with Crippen molar-refractivity contribution in [3.63, 3.8) is 0 Å². The molecule has 1 aliphatic heterocycles. The first-order chi connectivity index (χ1) is 9.15. The summed E-state index contributed by atoms with van der Waals surface area (Å²) in [5.41, 5.74) is 1.03. The number of amides is 1. The van der Waals surface area contributed by atoms with Crippen LogP contribution in [-0.2, 0) is 11.3 Å². The van der Waals surface area contributed by atoms with Gasteiger partial charge >= 0.3 is 6.09 Å². The van der Waals surface area contributed by atoms with Crippen molar-refractivity contribution < 1.29 is 9.53 Å². The highest BCUT2D eigenvalue weighted by molar-refractivity contribution is 5.68. The zero-order chi connectivity index (χ0) is 13.7. The molecule has 1 heterocycles. The van der Waals surface area contributed by atoms with E-state index in [1.807, 2.05) is 30.3 Å². The molecule has 2 rings (SSSR count). The third kappa shape index (κ3) is 4.24. The molecule has 19 heavy (non-hydrogen) atoms. The number of hydrogen-bond acceptors (Lipinski definition) is 3. The molecule has 0 spiro atoms. The molecule has 0 aromatic heterocycles. The van der Waals surface area contributed by atoms with Crippen molar-refractivity contribution in [1.82, 2.24) is 9.80 Å². The van der Waals surface area contributed by atoms with Crippen LogP contribution in [0.15, 0.2) is 30.3 Å². The predicted molar refractivity (Wildman–Crippen MR) is 74.9 cm³/mol. The Kier molecular flexibility index (Phi) is 4.80. The Hall–Kier alpha value is -1.55. The molecule has 0 radical (unpaired) electrons. The average Bonchev–Trinajstić information content (AvgIpc) is 2.35. The standard InChI is InChI=1S/C15H22N2O2/c1-16(2)9-8-14-10-17(11-14)15(18)19-12-13-6-4-3-5-7-13/h3-7,14H,8-12H2,1-2H3. The van der Waals surface area contributed by atoms with Gasteiger partial charge in [-0.2, -0.15) is 0 Å². The van der Waals surface area contributed by atoms with Crippen LogP contribution in [0.1, 0.15) is 12.0 Å². The first-order valence-corrected chi connectivity index (χ1v) is 6.75. The summed E-state index contributed by atoms with van der Waals surface area (Å²) < 4.78 is 5.28. The lowest BCUT2D eigenvalue weighted by Gasteiger charge is -2.38. The minimum atomic E-state index is -0.190. The van der Waals surface area contributed by atoms with Crippen LogP contribution in [0.25, 0.3) is 0 Å². The molecule has 0 unspecified atom stereocenters. The van der Waals surface area contributed by atoms with Gasteiger partial charge < -0.3 is 14.5 Å². The van der Waals surface area contributed by atoms with Crippen molar-refractivity contribution in [2.24, 2.45) is 5.92 Å². The maximum absolute atomic E-state index is 11.8. The van der Waals surface area contributed by atoms with Crippen LogP contribution in [0.4, 0.5) is 4.79 Å². The van der Waals surface area contributed by atoms with E-state index in [0.29, 0.717) is 12.5 Å². The fourth-order valence-corrected chi connectivity index (χ4v) is 2.15. The van der Waals surface area contributed by atoms with E-state index in [1.165, 1.54) is 0 Å². The van der Waals surface area contributed by atoms with Crippen molar-refractivity contribution in [2.45, 2.75) is 13.0 Å². The Labute approximate surface area is 115 Å². The highest BCUT2D eigenvalue weighted by Gasteiger charge is 2.31. The third-order valence-corrected chi connectivity index (χ3v) is 3.41. The summed E-state index contributed by atoms with van der Waals surface area (Å²) >= 11 is 0. The summed E-state index contributed by atoms with van der Waals surface area (Å²) in [4.78, 5) is 15.7. The Morgan fingerprint density at radius 3 is 2.63 bits per heavy atom. The van der Waals surface area contributed by atoms with Crippen LogP contribution in [0.5, 0.6) is 0 Å². The van der Waals surface area contributed by atoms with Crippen LogP contribution >= 0.6 is 0 Å². The summed E-state index contributed by atoms with van der Waals surface area (Å²) in [7, 11) is 4.15. The molecule has 1 aliphatic rings. The van der Waals surface area contributed by atoms with E-state index in [0.717, 1.165) is 31.6 Å². The van der Waals surface area contributed by atoms with E-state index in [9.17, 15) is 4.79 Å². The minimum absolute atomic E-state index is 0.190. The normalized spacial score (nSPS) is 15.4. The van der Waals surface area contributed by atoms with Crippen LogP contribution < -0.4 is 0 Å². The van der Waals surface area contributed by atoms with Crippen molar-refractivity contribution in [3.8, 4) is 0 Å². The van der Waals surface area contributed by atoms with E-state index in [4.69, 9.17) is 4.74 Å². The fraction of sp³-hybridized carbons (Fsp3) is 0.533. The van der Waals surface area contributed by atoms with Crippen LogP contribution in [-0.4, -0.2) is 49.6 Å². The monoisotopic (exact) mass is 262 g/mol. The van der Waals surface area contributed by atoms with Crippen LogP contribution in [0.2, 0.25) is 0 Å². The number of nitrogens with zero attached hydrogens (tertiary/aromatic N) is 2. The summed E-state index contributed by atoms with van der Waals surface area (Å²) in [5, 5.41) is 0. The van der Waals surface area contributed by atoms with Crippen molar-refractivity contribution in [2.75, 3.05) is 33.7 Å². The Morgan fingerprint density at radius 1 is 1.32 bits per heavy atom. The summed E-state index contributed by atoms with van der Waals surface area (Å²) in [5.74, 6) is 0.631. The maximum Gasteiger partial charge on any atom is 0.410 e. The lowest BCUT2D eigenvalue weighted by Crippen LogP contribution is -2.50. The SMILES string of the molecule is CN(C)CCC1CN(C(=O)OCc2ccccc2)C1. The van der Waals surface area contributed by atoms with E-state index >= 15 is 0 Å². The molecule has 0 atom stereocenters. The first kappa shape index (κ1) is 13.9. The van der Waals surface area contributed by atoms with Crippen LogP contribution in [0, 0.1) is 5.92 Å². The van der Waals surface area contributed by atoms with Gasteiger partial charge in [0.1, 0.15) is 6.61 Å². The summed E-state index contributed by atoms with van der Waals surface area (Å²) in [6.45, 7) is 3.11. The number of ether oxygens (including phenoxy) is 1. The van der Waals surface area contributed by atoms with Crippen molar-refractivity contribution in [1.29, 1.82) is 0 Å². The molecule has 4 nitrogen and oxygen atoms in total. The Bertz CT molecular complexity index is 400. The highest BCUT2D eigenvalue weighted by atomic mass is 16.6. The lowest BCUT2D eigenvalue weighted by atomic mass is 9.97. The number of rotatable bonds is 5. The number of likely N-dealkylation sites (tertiary alicyclic amines) is 1. The molecule has 1 amide bonds. The van der Waals surface area contributed by atoms with E-state index in [-0.39, 0.29) is 6.09 Å². The van der Waals surface area contributed by atoms with Gasteiger partial charge in [0.05, 0.1) is 0 Å². The molecule has 1 saturated heterocycles. The zero-order valence-electron chi connectivity index (χ0n) is 11.7. The zero-order valence-corrected chi connectivity index (χ0v) is 11.7. The summed E-state index contributed by atoms with van der Waals surface area (Å²) in [6.07, 6.45) is 0.958. The van der Waals surface area contributed by atoms with Gasteiger partial charge in [0.25, 0.3) is 0 Å². The Balaban J connectivity index is 1.64. The average molecular weight is 262 g/mol. The molecule has 1 aromatic rings. The quantitative estimate of drug-likeness (QED) is 0.815. The van der Waals surface area contributed by atoms with Crippen LogP contribution in [0.3, 0.4) is 0 Å². The number of carbonyl (C=O) groups is 1. The molecule has 1 aromatic carbocycles. The van der Waals surface area contributed by atoms with Gasteiger partial charge in [-0.15, -0.1) is 0 Å². The number of carbonyl (C=O) groups excluding carboxylic acids is 1. The molecular weight excluding hydrogens is 240 g/mol. The Morgan fingerprint density at radius 2 is 2.00 bits per heavy atom. The van der Waals surface area contributed by atoms with Gasteiger partial charge in [-0.1, -0.05) is 30.3 Å². The third-order valence-electron chi connectivity index (χ3n) is 3.41. The molecule has 0 N–H and O–H groups in total. The van der Waals surface area contributed by atoms with Crippen molar-refractivity contribution >= 4 is 6.09 Å². The number of hydrogen-bond donors (Lipinski definition) is 0. The molecule has 1 fully saturated rings. The van der Waals surface area contributed by atoms with Gasteiger partial charge in [0.15, 0.2) is 0 Å². The van der Waals surface area contributed by atoms with Gasteiger partial charge in [-0.05, 0) is 38.5 Å². The fourth-order valence-electron chi connectivity index (χ4n) is 2.15. The van der Waals surface area contributed by atoms with Gasteiger partial charge in [-0.3, -0.25) is 0 Å². The number of benzene rings is 1. The van der Waals surface area contributed by atoms with Gasteiger partial charge in [-0.25, -0.2) is 4.79 Å². The second-order valence-electron chi connectivity index (χ2n) is 5.40. The smallest absolute Gasteiger partial charge is 0.410 e. The maximum atomic E-state index is 11.8. The first-order valence-electron chi connectivity index (χ1n) is 6.75. The lowest BCUT2D eigenvalue weighted by molar-refractivity contribution is 0.0453. The topological polar surface area (TPSA) is 32.8 Å². The van der Waals surface area contributed by atoms with E-state index < -0.39 is 0 Å². The molecule has 104 valence electrons. The molecule has 0 bridgehead atoms. The molecule has 4 heteroatoms. The largest absolute Gasteiger partial charge is 0.445 e. The predicted octanol–water partition coefficient (Wildman–Crippen LogP) is 2.21. The van der Waals surface area contributed by atoms with Crippen molar-refractivity contribution in [3.05, 3.63) is 35.9 Å². The molecular formula is C15H22N2O2. The second kappa shape index (κ2) is 6.57. The molecule has 0 saturated carbocycles. The van der Waals surface area contributed by atoms with E-state index in [2.05, 4.69) is 19.0 Å². The highest BCUT2D eigenvalue weighted by Crippen LogP contribution is 2.20. The van der Waals surface area contributed by atoms with E-state index in [1.54, 1.807) is 4.90 Å². The summed E-state index contributed by atoms with van der Waals surface area (Å²) in [6, 6.07) is 9.77. The second-order valence-corrected chi connectivity index (χ2v) is 5.40. The molecule has 0 aliphatic carbocycles.